The van der Waals surface area contributed by atoms with E-state index >= 15 is 0 Å². The number of hydrogen-bond acceptors (Lipinski definition) is 5. The third-order valence-corrected chi connectivity index (χ3v) is 5.10. The Balaban J connectivity index is 2.89. The zero-order valence-electron chi connectivity index (χ0n) is 17.5. The minimum absolute atomic E-state index is 0.188. The second kappa shape index (κ2) is 9.85. The van der Waals surface area contributed by atoms with Crippen LogP contribution in [0.25, 0.3) is 0 Å². The lowest BCUT2D eigenvalue weighted by atomic mass is 9.84. The molecule has 1 heterocycles. The van der Waals surface area contributed by atoms with Gasteiger partial charge in [0.25, 0.3) is 5.91 Å². The van der Waals surface area contributed by atoms with E-state index in [2.05, 4.69) is 5.32 Å². The minimum atomic E-state index is -0.758. The summed E-state index contributed by atoms with van der Waals surface area (Å²) in [4.78, 5) is 51.5. The zero-order chi connectivity index (χ0) is 20.8. The van der Waals surface area contributed by atoms with Gasteiger partial charge in [0.05, 0.1) is 6.61 Å². The highest BCUT2D eigenvalue weighted by Gasteiger charge is 2.41. The molecule has 2 atom stereocenters. The number of hydrogen-bond donors (Lipinski definition) is 1. The molecule has 1 fully saturated rings. The van der Waals surface area contributed by atoms with Crippen LogP contribution in [0.1, 0.15) is 67.2 Å². The van der Waals surface area contributed by atoms with Crippen LogP contribution in [-0.4, -0.2) is 53.7 Å². The minimum Gasteiger partial charge on any atom is -0.464 e. The molecule has 0 bridgehead atoms. The smallest absolute Gasteiger partial charge is 0.328 e. The van der Waals surface area contributed by atoms with Gasteiger partial charge < -0.3 is 15.0 Å². The van der Waals surface area contributed by atoms with E-state index in [4.69, 9.17) is 4.74 Å². The highest BCUT2D eigenvalue weighted by atomic mass is 16.5. The number of carbonyl (C=O) groups is 4. The molecule has 2 amide bonds. The summed E-state index contributed by atoms with van der Waals surface area (Å²) < 4.78 is 5.05. The summed E-state index contributed by atoms with van der Waals surface area (Å²) in [7, 11) is 0. The monoisotopic (exact) mass is 382 g/mol. The number of nitrogens with one attached hydrogen (secondary N) is 1. The van der Waals surface area contributed by atoms with Gasteiger partial charge in [-0.1, -0.05) is 34.6 Å². The summed E-state index contributed by atoms with van der Waals surface area (Å²) >= 11 is 0. The van der Waals surface area contributed by atoms with E-state index in [9.17, 15) is 19.2 Å². The van der Waals surface area contributed by atoms with E-state index in [0.29, 0.717) is 32.2 Å². The van der Waals surface area contributed by atoms with Gasteiger partial charge in [0.1, 0.15) is 12.1 Å². The molecule has 0 aromatic rings. The Morgan fingerprint density at radius 1 is 1.19 bits per heavy atom. The van der Waals surface area contributed by atoms with Gasteiger partial charge in [0.2, 0.25) is 11.7 Å². The van der Waals surface area contributed by atoms with Crippen molar-refractivity contribution >= 4 is 23.6 Å². The van der Waals surface area contributed by atoms with Crippen LogP contribution in [0.15, 0.2) is 0 Å². The van der Waals surface area contributed by atoms with Crippen LogP contribution in [0, 0.1) is 11.3 Å². The molecule has 27 heavy (non-hydrogen) atoms. The average Bonchev–Trinajstić information content (AvgIpc) is 3.09. The van der Waals surface area contributed by atoms with E-state index in [-0.39, 0.29) is 12.5 Å². The SMILES string of the molecule is CCOC(=O)[C@@H](CC(C)C)NC(=O)[C@@H]1CCCN1C(=O)C(=O)C(C)(C)CC. The molecule has 7 nitrogen and oxygen atoms in total. The van der Waals surface area contributed by atoms with Crippen molar-refractivity contribution in [3.63, 3.8) is 0 Å². The number of amides is 2. The van der Waals surface area contributed by atoms with E-state index in [0.717, 1.165) is 0 Å². The highest BCUT2D eigenvalue weighted by molar-refractivity contribution is 6.38. The molecule has 7 heteroatoms. The number of Topliss-reactive ketones (excluding diaryl/α,β-unsaturated/α-hetero) is 1. The maximum Gasteiger partial charge on any atom is 0.328 e. The topological polar surface area (TPSA) is 92.8 Å². The molecule has 0 aromatic heterocycles. The first-order valence-electron chi connectivity index (χ1n) is 9.87. The van der Waals surface area contributed by atoms with Gasteiger partial charge in [-0.05, 0) is 38.5 Å². The zero-order valence-corrected chi connectivity index (χ0v) is 17.5. The fraction of sp³-hybridized carbons (Fsp3) is 0.800. The summed E-state index contributed by atoms with van der Waals surface area (Å²) in [5.74, 6) is -1.78. The van der Waals surface area contributed by atoms with Gasteiger partial charge >= 0.3 is 5.97 Å². The van der Waals surface area contributed by atoms with E-state index in [1.807, 2.05) is 20.8 Å². The van der Waals surface area contributed by atoms with Crippen LogP contribution in [0.2, 0.25) is 0 Å². The van der Waals surface area contributed by atoms with Crippen molar-refractivity contribution in [2.45, 2.75) is 79.3 Å². The van der Waals surface area contributed by atoms with Crippen LogP contribution >= 0.6 is 0 Å². The summed E-state index contributed by atoms with van der Waals surface area (Å²) in [5, 5.41) is 2.73. The van der Waals surface area contributed by atoms with Crippen LogP contribution in [-0.2, 0) is 23.9 Å². The lowest BCUT2D eigenvalue weighted by Crippen LogP contribution is -2.53. The Labute approximate surface area is 162 Å². The number of ketones is 1. The van der Waals surface area contributed by atoms with Gasteiger partial charge in [-0.15, -0.1) is 0 Å². The van der Waals surface area contributed by atoms with Crippen molar-refractivity contribution in [3.05, 3.63) is 0 Å². The molecule has 1 aliphatic rings. The number of ether oxygens (including phenoxy) is 1. The van der Waals surface area contributed by atoms with Crippen LogP contribution in [0.3, 0.4) is 0 Å². The number of esters is 1. The second-order valence-electron chi connectivity index (χ2n) is 8.17. The molecule has 0 unspecified atom stereocenters. The fourth-order valence-electron chi connectivity index (χ4n) is 3.06. The van der Waals surface area contributed by atoms with Gasteiger partial charge in [-0.2, -0.15) is 0 Å². The van der Waals surface area contributed by atoms with Crippen LogP contribution < -0.4 is 5.32 Å². The molecule has 0 saturated carbocycles. The van der Waals surface area contributed by atoms with Crippen molar-refractivity contribution in [1.82, 2.24) is 10.2 Å². The van der Waals surface area contributed by atoms with Crippen LogP contribution in [0.5, 0.6) is 0 Å². The second-order valence-corrected chi connectivity index (χ2v) is 8.17. The molecule has 0 aliphatic carbocycles. The summed E-state index contributed by atoms with van der Waals surface area (Å²) in [6.07, 6.45) is 2.13. The molecule has 1 N–H and O–H groups in total. The van der Waals surface area contributed by atoms with Gasteiger partial charge in [0.15, 0.2) is 0 Å². The molecule has 0 aromatic carbocycles. The van der Waals surface area contributed by atoms with Crippen molar-refractivity contribution < 1.29 is 23.9 Å². The molecular weight excluding hydrogens is 348 g/mol. The van der Waals surface area contributed by atoms with Crippen LogP contribution in [0.4, 0.5) is 0 Å². The molecular formula is C20H34N2O5. The first-order valence-corrected chi connectivity index (χ1v) is 9.87. The standard InChI is InChI=1S/C20H34N2O5/c1-7-20(5,6)16(23)18(25)22-11-9-10-15(22)17(24)21-14(12-13(3)4)19(26)27-8-2/h13-15H,7-12H2,1-6H3,(H,21,24)/t14-,15+/m1/s1. The largest absolute Gasteiger partial charge is 0.464 e. The van der Waals surface area contributed by atoms with Gasteiger partial charge in [-0.3, -0.25) is 14.4 Å². The fourth-order valence-corrected chi connectivity index (χ4v) is 3.06. The average molecular weight is 383 g/mol. The Kier molecular flexibility index (Phi) is 8.44. The van der Waals surface area contributed by atoms with Gasteiger partial charge in [-0.25, -0.2) is 4.79 Å². The Morgan fingerprint density at radius 2 is 1.81 bits per heavy atom. The number of rotatable bonds is 9. The van der Waals surface area contributed by atoms with Crippen molar-refractivity contribution in [3.8, 4) is 0 Å². The summed E-state index contributed by atoms with van der Waals surface area (Å²) in [5.41, 5.74) is -0.758. The number of likely N-dealkylation sites (tertiary alicyclic amines) is 1. The molecule has 1 rings (SSSR count). The first-order chi connectivity index (χ1) is 12.5. The molecule has 154 valence electrons. The first kappa shape index (κ1) is 23.1. The van der Waals surface area contributed by atoms with E-state index in [1.165, 1.54) is 4.90 Å². The predicted octanol–water partition coefficient (Wildman–Crippen LogP) is 2.08. The molecule has 0 radical (unpaired) electrons. The Bertz CT molecular complexity index is 571. The summed E-state index contributed by atoms with van der Waals surface area (Å²) in [6, 6.07) is -1.48. The molecule has 1 saturated heterocycles. The maximum absolute atomic E-state index is 12.8. The lowest BCUT2D eigenvalue weighted by Gasteiger charge is -2.29. The summed E-state index contributed by atoms with van der Waals surface area (Å²) in [6.45, 7) is 11.6. The third kappa shape index (κ3) is 6.04. The highest BCUT2D eigenvalue weighted by Crippen LogP contribution is 2.25. The third-order valence-electron chi connectivity index (χ3n) is 5.10. The lowest BCUT2D eigenvalue weighted by molar-refractivity contribution is -0.152. The van der Waals surface area contributed by atoms with E-state index < -0.39 is 41.1 Å². The normalized spacial score (nSPS) is 18.3. The van der Waals surface area contributed by atoms with E-state index in [1.54, 1.807) is 20.8 Å². The molecule has 0 spiro atoms. The quantitative estimate of drug-likeness (QED) is 0.487. The van der Waals surface area contributed by atoms with Crippen molar-refractivity contribution in [2.24, 2.45) is 11.3 Å². The van der Waals surface area contributed by atoms with Crippen molar-refractivity contribution in [1.29, 1.82) is 0 Å². The Morgan fingerprint density at radius 3 is 2.33 bits per heavy atom. The Hall–Kier alpha value is -1.92. The predicted molar refractivity (Wildman–Crippen MR) is 102 cm³/mol. The molecule has 1 aliphatic heterocycles. The van der Waals surface area contributed by atoms with Crippen molar-refractivity contribution in [2.75, 3.05) is 13.2 Å². The van der Waals surface area contributed by atoms with Gasteiger partial charge in [0, 0.05) is 12.0 Å². The number of nitrogens with zero attached hydrogens (tertiary/aromatic N) is 1. The number of carbonyl (C=O) groups excluding carboxylic acids is 4. The maximum atomic E-state index is 12.8.